The first-order valence-electron chi connectivity index (χ1n) is 7.09. The van der Waals surface area contributed by atoms with E-state index in [1.807, 2.05) is 0 Å². The average molecular weight is 299 g/mol. The molecule has 1 aliphatic rings. The van der Waals surface area contributed by atoms with Crippen molar-refractivity contribution >= 4 is 33.1 Å². The maximum atomic E-state index is 13.0. The van der Waals surface area contributed by atoms with Gasteiger partial charge in [-0.2, -0.15) is 0 Å². The molecule has 0 saturated heterocycles. The molecule has 2 heterocycles. The number of rotatable bonds is 2. The van der Waals surface area contributed by atoms with Crippen LogP contribution in [-0.4, -0.2) is 9.97 Å². The third-order valence-electron chi connectivity index (χ3n) is 3.86. The monoisotopic (exact) mass is 299 g/mol. The smallest absolute Gasteiger partial charge is 0.142 e. The van der Waals surface area contributed by atoms with E-state index in [0.717, 1.165) is 34.6 Å². The van der Waals surface area contributed by atoms with E-state index in [4.69, 9.17) is 0 Å². The van der Waals surface area contributed by atoms with Gasteiger partial charge in [-0.15, -0.1) is 11.3 Å². The van der Waals surface area contributed by atoms with Gasteiger partial charge in [-0.05, 0) is 55.5 Å². The van der Waals surface area contributed by atoms with Crippen molar-refractivity contribution in [2.45, 2.75) is 25.7 Å². The number of benzene rings is 1. The lowest BCUT2D eigenvalue weighted by atomic mass is 9.97. The molecule has 0 radical (unpaired) electrons. The van der Waals surface area contributed by atoms with Crippen molar-refractivity contribution < 1.29 is 4.39 Å². The van der Waals surface area contributed by atoms with Gasteiger partial charge >= 0.3 is 0 Å². The first kappa shape index (κ1) is 12.7. The van der Waals surface area contributed by atoms with Gasteiger partial charge in [0.25, 0.3) is 0 Å². The van der Waals surface area contributed by atoms with Crippen molar-refractivity contribution in [3.8, 4) is 0 Å². The minimum absolute atomic E-state index is 0.235. The van der Waals surface area contributed by atoms with Crippen LogP contribution < -0.4 is 5.32 Å². The highest BCUT2D eigenvalue weighted by Crippen LogP contribution is 2.38. The average Bonchev–Trinajstić information content (AvgIpc) is 2.89. The number of nitrogens with one attached hydrogen (secondary N) is 1. The highest BCUT2D eigenvalue weighted by Gasteiger charge is 2.19. The minimum atomic E-state index is -0.235. The van der Waals surface area contributed by atoms with Gasteiger partial charge in [-0.1, -0.05) is 0 Å². The summed E-state index contributed by atoms with van der Waals surface area (Å²) < 4.78 is 13.0. The Morgan fingerprint density at radius 3 is 2.71 bits per heavy atom. The van der Waals surface area contributed by atoms with Crippen LogP contribution in [0.15, 0.2) is 30.6 Å². The molecular formula is C16H14FN3S. The second-order valence-corrected chi connectivity index (χ2v) is 6.33. The van der Waals surface area contributed by atoms with Crippen molar-refractivity contribution in [1.82, 2.24) is 9.97 Å². The zero-order chi connectivity index (χ0) is 14.2. The molecule has 2 aromatic heterocycles. The van der Waals surface area contributed by atoms with Crippen LogP contribution in [0.5, 0.6) is 0 Å². The van der Waals surface area contributed by atoms with Crippen LogP contribution >= 0.6 is 11.3 Å². The van der Waals surface area contributed by atoms with Crippen LogP contribution in [-0.2, 0) is 12.8 Å². The zero-order valence-corrected chi connectivity index (χ0v) is 12.2. The van der Waals surface area contributed by atoms with E-state index in [9.17, 15) is 4.39 Å². The van der Waals surface area contributed by atoms with Crippen molar-refractivity contribution in [2.24, 2.45) is 0 Å². The molecule has 1 aromatic carbocycles. The summed E-state index contributed by atoms with van der Waals surface area (Å²) in [7, 11) is 0. The van der Waals surface area contributed by atoms with Gasteiger partial charge in [0.15, 0.2) is 0 Å². The van der Waals surface area contributed by atoms with E-state index in [1.54, 1.807) is 29.8 Å². The molecule has 0 aliphatic heterocycles. The minimum Gasteiger partial charge on any atom is -0.340 e. The third kappa shape index (κ3) is 2.27. The Hall–Kier alpha value is -2.01. The van der Waals surface area contributed by atoms with E-state index in [0.29, 0.717) is 0 Å². The summed E-state index contributed by atoms with van der Waals surface area (Å²) >= 11 is 1.78. The quantitative estimate of drug-likeness (QED) is 0.759. The van der Waals surface area contributed by atoms with Crippen LogP contribution in [0.2, 0.25) is 0 Å². The van der Waals surface area contributed by atoms with E-state index < -0.39 is 0 Å². The number of halogens is 1. The third-order valence-corrected chi connectivity index (χ3v) is 5.06. The van der Waals surface area contributed by atoms with Crippen LogP contribution in [0.1, 0.15) is 23.3 Å². The summed E-state index contributed by atoms with van der Waals surface area (Å²) in [5, 5.41) is 4.44. The fourth-order valence-corrected chi connectivity index (χ4v) is 4.08. The van der Waals surface area contributed by atoms with Gasteiger partial charge in [-0.25, -0.2) is 14.4 Å². The van der Waals surface area contributed by atoms with Crippen molar-refractivity contribution in [3.63, 3.8) is 0 Å². The molecule has 0 amide bonds. The van der Waals surface area contributed by atoms with Crippen LogP contribution in [0, 0.1) is 5.82 Å². The second kappa shape index (κ2) is 5.07. The van der Waals surface area contributed by atoms with Gasteiger partial charge in [-0.3, -0.25) is 0 Å². The summed E-state index contributed by atoms with van der Waals surface area (Å²) in [4.78, 5) is 11.3. The lowest BCUT2D eigenvalue weighted by Crippen LogP contribution is -2.01. The van der Waals surface area contributed by atoms with Crippen molar-refractivity contribution in [1.29, 1.82) is 0 Å². The van der Waals surface area contributed by atoms with Crippen LogP contribution in [0.3, 0.4) is 0 Å². The van der Waals surface area contributed by atoms with E-state index in [1.165, 1.54) is 35.4 Å². The highest BCUT2D eigenvalue weighted by atomic mass is 32.1. The molecule has 0 atom stereocenters. The van der Waals surface area contributed by atoms with Crippen molar-refractivity contribution in [3.05, 3.63) is 46.9 Å². The number of hydrogen-bond acceptors (Lipinski definition) is 4. The zero-order valence-electron chi connectivity index (χ0n) is 11.4. The Kier molecular flexibility index (Phi) is 3.07. The first-order chi connectivity index (χ1) is 10.3. The molecule has 0 unspecified atom stereocenters. The lowest BCUT2D eigenvalue weighted by molar-refractivity contribution is 0.628. The molecule has 106 valence electrons. The van der Waals surface area contributed by atoms with Gasteiger partial charge in [0.05, 0.1) is 5.39 Å². The SMILES string of the molecule is Fc1ccc(Nc2ncnc3sc4c(c23)CCCC4)cc1. The molecule has 0 fully saturated rings. The Labute approximate surface area is 125 Å². The van der Waals surface area contributed by atoms with Gasteiger partial charge in [0.2, 0.25) is 0 Å². The Morgan fingerprint density at radius 1 is 1.05 bits per heavy atom. The second-order valence-electron chi connectivity index (χ2n) is 5.25. The first-order valence-corrected chi connectivity index (χ1v) is 7.91. The van der Waals surface area contributed by atoms with Gasteiger partial charge in [0.1, 0.15) is 22.8 Å². The molecule has 21 heavy (non-hydrogen) atoms. The van der Waals surface area contributed by atoms with Crippen LogP contribution in [0.4, 0.5) is 15.9 Å². The number of fused-ring (bicyclic) bond motifs is 3. The van der Waals surface area contributed by atoms with Crippen molar-refractivity contribution in [2.75, 3.05) is 5.32 Å². The molecular weight excluding hydrogens is 285 g/mol. The van der Waals surface area contributed by atoms with E-state index >= 15 is 0 Å². The predicted molar refractivity (Wildman–Crippen MR) is 83.7 cm³/mol. The summed E-state index contributed by atoms with van der Waals surface area (Å²) in [6, 6.07) is 6.35. The lowest BCUT2D eigenvalue weighted by Gasteiger charge is -2.12. The maximum Gasteiger partial charge on any atom is 0.142 e. The summed E-state index contributed by atoms with van der Waals surface area (Å²) in [6.07, 6.45) is 6.32. The standard InChI is InChI=1S/C16H14FN3S/c17-10-5-7-11(8-6-10)20-15-14-12-3-1-2-4-13(12)21-16(14)19-9-18-15/h5-9H,1-4H2,(H,18,19,20). The molecule has 1 N–H and O–H groups in total. The fourth-order valence-electron chi connectivity index (χ4n) is 2.85. The topological polar surface area (TPSA) is 37.8 Å². The number of aromatic nitrogens is 2. The molecule has 1 aliphatic carbocycles. The highest BCUT2D eigenvalue weighted by molar-refractivity contribution is 7.19. The van der Waals surface area contributed by atoms with Crippen LogP contribution in [0.25, 0.3) is 10.2 Å². The number of aryl methyl sites for hydroxylation is 2. The van der Waals surface area contributed by atoms with Gasteiger partial charge in [0, 0.05) is 10.6 Å². The molecule has 4 rings (SSSR count). The predicted octanol–water partition coefficient (Wildman–Crippen LogP) is 4.45. The molecule has 0 saturated carbocycles. The fraction of sp³-hybridized carbons (Fsp3) is 0.250. The molecule has 5 heteroatoms. The number of thiophene rings is 1. The normalized spacial score (nSPS) is 14.1. The van der Waals surface area contributed by atoms with Gasteiger partial charge < -0.3 is 5.32 Å². The molecule has 3 nitrogen and oxygen atoms in total. The maximum absolute atomic E-state index is 13.0. The summed E-state index contributed by atoms with van der Waals surface area (Å²) in [5.74, 6) is 0.590. The number of anilines is 2. The number of nitrogens with zero attached hydrogens (tertiary/aromatic N) is 2. The largest absolute Gasteiger partial charge is 0.340 e. The molecule has 3 aromatic rings. The summed E-state index contributed by atoms with van der Waals surface area (Å²) in [5.41, 5.74) is 2.23. The summed E-state index contributed by atoms with van der Waals surface area (Å²) in [6.45, 7) is 0. The van der Waals surface area contributed by atoms with E-state index in [2.05, 4.69) is 15.3 Å². The molecule has 0 bridgehead atoms. The van der Waals surface area contributed by atoms with E-state index in [-0.39, 0.29) is 5.82 Å². The Morgan fingerprint density at radius 2 is 1.86 bits per heavy atom. The Bertz CT molecular complexity index is 795. The number of hydrogen-bond donors (Lipinski definition) is 1. The molecule has 0 spiro atoms. The Balaban J connectivity index is 1.81.